The minimum absolute atomic E-state index is 0.0329. The Balaban J connectivity index is 2.25. The SMILES string of the molecule is CC(=O)NCC1C(CO)CC(C(=O)OC(C)(C)C)N1Cc1ccccc1. The molecule has 0 aliphatic carbocycles. The van der Waals surface area contributed by atoms with Crippen LogP contribution in [0.3, 0.4) is 0 Å². The highest BCUT2D eigenvalue weighted by molar-refractivity contribution is 5.77. The van der Waals surface area contributed by atoms with Crippen LogP contribution in [0.5, 0.6) is 0 Å². The molecule has 1 aromatic carbocycles. The first-order valence-electron chi connectivity index (χ1n) is 9.09. The smallest absolute Gasteiger partial charge is 0.323 e. The van der Waals surface area contributed by atoms with Crippen molar-refractivity contribution < 1.29 is 19.4 Å². The molecule has 6 heteroatoms. The number of hydrogen-bond acceptors (Lipinski definition) is 5. The number of esters is 1. The summed E-state index contributed by atoms with van der Waals surface area (Å²) in [6, 6.07) is 9.32. The molecule has 2 rings (SSSR count). The lowest BCUT2D eigenvalue weighted by Crippen LogP contribution is -2.48. The Bertz CT molecular complexity index is 612. The molecule has 0 aromatic heterocycles. The van der Waals surface area contributed by atoms with Crippen LogP contribution in [-0.2, 0) is 20.9 Å². The average molecular weight is 362 g/mol. The number of ether oxygens (including phenoxy) is 1. The molecule has 26 heavy (non-hydrogen) atoms. The number of amides is 1. The lowest BCUT2D eigenvalue weighted by molar-refractivity contribution is -0.161. The van der Waals surface area contributed by atoms with E-state index < -0.39 is 11.6 Å². The fourth-order valence-corrected chi connectivity index (χ4v) is 3.43. The Morgan fingerprint density at radius 3 is 2.46 bits per heavy atom. The van der Waals surface area contributed by atoms with Crippen LogP contribution in [0.2, 0.25) is 0 Å². The van der Waals surface area contributed by atoms with Crippen molar-refractivity contribution in [2.45, 2.75) is 58.3 Å². The summed E-state index contributed by atoms with van der Waals surface area (Å²) in [5.41, 5.74) is 0.507. The number of aliphatic hydroxyl groups excluding tert-OH is 1. The standard InChI is InChI=1S/C20H30N2O4/c1-14(24)21-11-18-16(13-23)10-17(19(25)26-20(2,3)4)22(18)12-15-8-6-5-7-9-15/h5-9,16-18,23H,10-13H2,1-4H3,(H,21,24). The number of nitrogens with one attached hydrogen (secondary N) is 1. The molecular formula is C20H30N2O4. The number of aliphatic hydroxyl groups is 1. The third-order valence-electron chi connectivity index (χ3n) is 4.58. The van der Waals surface area contributed by atoms with Crippen LogP contribution in [0.25, 0.3) is 0 Å². The highest BCUT2D eigenvalue weighted by Crippen LogP contribution is 2.32. The van der Waals surface area contributed by atoms with Crippen LogP contribution in [-0.4, -0.2) is 52.7 Å². The zero-order valence-electron chi connectivity index (χ0n) is 16.1. The Morgan fingerprint density at radius 2 is 1.92 bits per heavy atom. The molecule has 0 spiro atoms. The van der Waals surface area contributed by atoms with Gasteiger partial charge in [0, 0.05) is 38.6 Å². The summed E-state index contributed by atoms with van der Waals surface area (Å²) in [6.07, 6.45) is 0.516. The van der Waals surface area contributed by atoms with Gasteiger partial charge in [0.1, 0.15) is 11.6 Å². The minimum Gasteiger partial charge on any atom is -0.459 e. The molecule has 1 aromatic rings. The zero-order valence-corrected chi connectivity index (χ0v) is 16.1. The van der Waals surface area contributed by atoms with Gasteiger partial charge in [-0.2, -0.15) is 0 Å². The molecule has 144 valence electrons. The van der Waals surface area contributed by atoms with Gasteiger partial charge in [0.05, 0.1) is 0 Å². The highest BCUT2D eigenvalue weighted by atomic mass is 16.6. The maximum Gasteiger partial charge on any atom is 0.323 e. The van der Waals surface area contributed by atoms with E-state index in [9.17, 15) is 14.7 Å². The highest BCUT2D eigenvalue weighted by Gasteiger charge is 2.45. The van der Waals surface area contributed by atoms with Crippen molar-refractivity contribution in [1.29, 1.82) is 0 Å². The van der Waals surface area contributed by atoms with E-state index in [-0.39, 0.29) is 30.4 Å². The monoisotopic (exact) mass is 362 g/mol. The fourth-order valence-electron chi connectivity index (χ4n) is 3.43. The van der Waals surface area contributed by atoms with E-state index >= 15 is 0 Å². The normalized spacial score (nSPS) is 23.7. The van der Waals surface area contributed by atoms with Gasteiger partial charge >= 0.3 is 5.97 Å². The van der Waals surface area contributed by atoms with Crippen molar-refractivity contribution in [1.82, 2.24) is 10.2 Å². The molecule has 0 bridgehead atoms. The van der Waals surface area contributed by atoms with E-state index in [1.165, 1.54) is 6.92 Å². The molecule has 1 heterocycles. The van der Waals surface area contributed by atoms with Gasteiger partial charge < -0.3 is 15.2 Å². The van der Waals surface area contributed by atoms with Crippen LogP contribution in [0.15, 0.2) is 30.3 Å². The van der Waals surface area contributed by atoms with Crippen LogP contribution >= 0.6 is 0 Å². The topological polar surface area (TPSA) is 78.9 Å². The van der Waals surface area contributed by atoms with Crippen LogP contribution in [0, 0.1) is 5.92 Å². The number of carbonyl (C=O) groups is 2. The third kappa shape index (κ3) is 5.54. The van der Waals surface area contributed by atoms with Gasteiger partial charge in [0.15, 0.2) is 0 Å². The quantitative estimate of drug-likeness (QED) is 0.754. The largest absolute Gasteiger partial charge is 0.459 e. The Morgan fingerprint density at radius 1 is 1.27 bits per heavy atom. The number of hydrogen-bond donors (Lipinski definition) is 2. The number of likely N-dealkylation sites (tertiary alicyclic amines) is 1. The van der Waals surface area contributed by atoms with Gasteiger partial charge in [-0.25, -0.2) is 0 Å². The third-order valence-corrected chi connectivity index (χ3v) is 4.58. The molecule has 1 aliphatic heterocycles. The maximum absolute atomic E-state index is 12.8. The van der Waals surface area contributed by atoms with E-state index in [0.29, 0.717) is 19.5 Å². The lowest BCUT2D eigenvalue weighted by atomic mass is 9.99. The second-order valence-electron chi connectivity index (χ2n) is 7.89. The van der Waals surface area contributed by atoms with E-state index in [1.54, 1.807) is 0 Å². The van der Waals surface area contributed by atoms with Gasteiger partial charge in [-0.15, -0.1) is 0 Å². The molecule has 1 amide bonds. The summed E-state index contributed by atoms with van der Waals surface area (Å²) < 4.78 is 5.61. The predicted octanol–water partition coefficient (Wildman–Crippen LogP) is 1.72. The van der Waals surface area contributed by atoms with Crippen molar-refractivity contribution in [3.05, 3.63) is 35.9 Å². The van der Waals surface area contributed by atoms with Gasteiger partial charge in [0.2, 0.25) is 5.91 Å². The lowest BCUT2D eigenvalue weighted by Gasteiger charge is -2.32. The molecule has 0 saturated carbocycles. The van der Waals surface area contributed by atoms with Crippen LogP contribution in [0.1, 0.15) is 39.7 Å². The van der Waals surface area contributed by atoms with Crippen molar-refractivity contribution in [2.75, 3.05) is 13.2 Å². The Labute approximate surface area is 155 Å². The second kappa shape index (κ2) is 8.64. The molecule has 1 fully saturated rings. The minimum atomic E-state index is -0.570. The van der Waals surface area contributed by atoms with Crippen LogP contribution in [0.4, 0.5) is 0 Å². The fraction of sp³-hybridized carbons (Fsp3) is 0.600. The summed E-state index contributed by atoms with van der Waals surface area (Å²) in [4.78, 5) is 26.2. The number of rotatable bonds is 6. The first-order chi connectivity index (χ1) is 12.2. The van der Waals surface area contributed by atoms with Gasteiger partial charge in [-0.05, 0) is 32.8 Å². The molecule has 3 unspecified atom stereocenters. The van der Waals surface area contributed by atoms with Crippen molar-refractivity contribution >= 4 is 11.9 Å². The molecule has 1 saturated heterocycles. The average Bonchev–Trinajstić information content (AvgIpc) is 2.90. The maximum atomic E-state index is 12.8. The molecule has 6 nitrogen and oxygen atoms in total. The molecule has 0 radical (unpaired) electrons. The van der Waals surface area contributed by atoms with Gasteiger partial charge in [0.25, 0.3) is 0 Å². The molecule has 1 aliphatic rings. The summed E-state index contributed by atoms with van der Waals surface area (Å²) in [5.74, 6) is -0.498. The zero-order chi connectivity index (χ0) is 19.3. The Hall–Kier alpha value is -1.92. The summed E-state index contributed by atoms with van der Waals surface area (Å²) in [5, 5.41) is 12.7. The number of nitrogens with zero attached hydrogens (tertiary/aromatic N) is 1. The van der Waals surface area contributed by atoms with E-state index in [1.807, 2.05) is 51.1 Å². The second-order valence-corrected chi connectivity index (χ2v) is 7.89. The first kappa shape index (κ1) is 20.4. The van der Waals surface area contributed by atoms with Crippen molar-refractivity contribution in [3.8, 4) is 0 Å². The summed E-state index contributed by atoms with van der Waals surface area (Å²) in [6.45, 7) is 7.93. The predicted molar refractivity (Wildman–Crippen MR) is 99.3 cm³/mol. The van der Waals surface area contributed by atoms with E-state index in [2.05, 4.69) is 10.2 Å². The molecule has 3 atom stereocenters. The summed E-state index contributed by atoms with van der Waals surface area (Å²) in [7, 11) is 0. The van der Waals surface area contributed by atoms with Crippen molar-refractivity contribution in [3.63, 3.8) is 0 Å². The van der Waals surface area contributed by atoms with E-state index in [4.69, 9.17) is 4.74 Å². The van der Waals surface area contributed by atoms with Crippen LogP contribution < -0.4 is 5.32 Å². The van der Waals surface area contributed by atoms with Gasteiger partial charge in [-0.3, -0.25) is 14.5 Å². The molecular weight excluding hydrogens is 332 g/mol. The Kier molecular flexibility index (Phi) is 6.78. The van der Waals surface area contributed by atoms with E-state index in [0.717, 1.165) is 5.56 Å². The van der Waals surface area contributed by atoms with Gasteiger partial charge in [-0.1, -0.05) is 30.3 Å². The number of benzene rings is 1. The molecule has 2 N–H and O–H groups in total. The summed E-state index contributed by atoms with van der Waals surface area (Å²) >= 11 is 0. The van der Waals surface area contributed by atoms with Crippen molar-refractivity contribution in [2.24, 2.45) is 5.92 Å². The first-order valence-corrected chi connectivity index (χ1v) is 9.09. The number of carbonyl (C=O) groups excluding carboxylic acids is 2.